The van der Waals surface area contributed by atoms with Gasteiger partial charge in [-0.2, -0.15) is 5.01 Å². The number of carbonyl (C=O) groups excluding carboxylic acids is 3. The number of fused-ring (bicyclic) bond motifs is 1. The van der Waals surface area contributed by atoms with Crippen LogP contribution in [0.2, 0.25) is 30.1 Å². The van der Waals surface area contributed by atoms with Crippen LogP contribution in [0.25, 0.3) is 0 Å². The molecule has 0 bridgehead atoms. The summed E-state index contributed by atoms with van der Waals surface area (Å²) in [4.78, 5) is 50.7. The zero-order valence-electron chi connectivity index (χ0n) is 17.4. The van der Waals surface area contributed by atoms with Gasteiger partial charge in [-0.05, 0) is 29.8 Å². The van der Waals surface area contributed by atoms with Crippen molar-refractivity contribution >= 4 is 93.0 Å². The van der Waals surface area contributed by atoms with E-state index in [0.717, 1.165) is 17.1 Å². The zero-order valence-corrected chi connectivity index (χ0v) is 21.9. The van der Waals surface area contributed by atoms with Crippen molar-refractivity contribution in [2.45, 2.75) is 6.54 Å². The first-order valence-corrected chi connectivity index (χ1v) is 12.0. The SMILES string of the molecule is O=C(c1ccc([N+](=O)[O-])cc1)N(Cc1ccc(Cl)c(Cl)c1)N1C(=O)c2c(Cl)c(Cl)c(Cl)c(Cl)c2C1=O. The highest BCUT2D eigenvalue weighted by Crippen LogP contribution is 2.45. The van der Waals surface area contributed by atoms with E-state index in [1.165, 1.54) is 30.3 Å². The van der Waals surface area contributed by atoms with E-state index in [9.17, 15) is 24.5 Å². The van der Waals surface area contributed by atoms with Gasteiger partial charge in [0.1, 0.15) is 0 Å². The molecule has 1 aliphatic rings. The lowest BCUT2D eigenvalue weighted by molar-refractivity contribution is -0.384. The molecule has 8 nitrogen and oxygen atoms in total. The normalized spacial score (nSPS) is 12.7. The van der Waals surface area contributed by atoms with Gasteiger partial charge >= 0.3 is 0 Å². The van der Waals surface area contributed by atoms with E-state index >= 15 is 0 Å². The summed E-state index contributed by atoms with van der Waals surface area (Å²) < 4.78 is 0. The highest BCUT2D eigenvalue weighted by atomic mass is 35.5. The van der Waals surface area contributed by atoms with Crippen molar-refractivity contribution in [3.8, 4) is 0 Å². The predicted molar refractivity (Wildman–Crippen MR) is 136 cm³/mol. The third kappa shape index (κ3) is 4.49. The number of hydrazine groups is 1. The number of hydrogen-bond donors (Lipinski definition) is 0. The number of imide groups is 1. The van der Waals surface area contributed by atoms with E-state index in [-0.39, 0.29) is 59.1 Å². The number of amides is 3. The zero-order chi connectivity index (χ0) is 26.5. The third-order valence-corrected chi connectivity index (χ3v) is 7.74. The number of halogens is 6. The topological polar surface area (TPSA) is 101 Å². The van der Waals surface area contributed by atoms with Crippen LogP contribution in [0, 0.1) is 10.1 Å². The van der Waals surface area contributed by atoms with Gasteiger partial charge in [0.05, 0.1) is 52.7 Å². The summed E-state index contributed by atoms with van der Waals surface area (Å²) in [6, 6.07) is 9.06. The molecule has 1 aliphatic heterocycles. The van der Waals surface area contributed by atoms with Crippen molar-refractivity contribution in [1.29, 1.82) is 0 Å². The van der Waals surface area contributed by atoms with E-state index in [0.29, 0.717) is 10.6 Å². The first-order chi connectivity index (χ1) is 16.9. The molecule has 1 heterocycles. The fourth-order valence-corrected chi connectivity index (χ4v) is 4.81. The fourth-order valence-electron chi connectivity index (χ4n) is 3.48. The molecule has 0 N–H and O–H groups in total. The van der Waals surface area contributed by atoms with Crippen molar-refractivity contribution in [3.05, 3.63) is 105 Å². The Balaban J connectivity index is 1.84. The quantitative estimate of drug-likeness (QED) is 0.0991. The van der Waals surface area contributed by atoms with Crippen molar-refractivity contribution in [2.24, 2.45) is 0 Å². The molecule has 0 saturated heterocycles. The number of nitro benzene ring substituents is 1. The Hall–Kier alpha value is -2.59. The monoisotopic (exact) mass is 605 g/mol. The van der Waals surface area contributed by atoms with Crippen LogP contribution in [0.4, 0.5) is 5.69 Å². The first-order valence-electron chi connectivity index (χ1n) is 9.69. The van der Waals surface area contributed by atoms with Crippen molar-refractivity contribution in [3.63, 3.8) is 0 Å². The van der Waals surface area contributed by atoms with Gasteiger partial charge in [0, 0.05) is 17.7 Å². The van der Waals surface area contributed by atoms with Crippen LogP contribution in [0.5, 0.6) is 0 Å². The van der Waals surface area contributed by atoms with Gasteiger partial charge in [-0.3, -0.25) is 24.5 Å². The van der Waals surface area contributed by atoms with Gasteiger partial charge < -0.3 is 0 Å². The van der Waals surface area contributed by atoms with E-state index in [1.54, 1.807) is 0 Å². The number of rotatable bonds is 5. The number of non-ortho nitro benzene ring substituents is 1. The summed E-state index contributed by atoms with van der Waals surface area (Å²) in [7, 11) is 0. The highest BCUT2D eigenvalue weighted by molar-refractivity contribution is 6.55. The Morgan fingerprint density at radius 3 is 1.81 bits per heavy atom. The van der Waals surface area contributed by atoms with Crippen molar-refractivity contribution in [2.75, 3.05) is 0 Å². The highest BCUT2D eigenvalue weighted by Gasteiger charge is 2.46. The molecule has 0 radical (unpaired) electrons. The smallest absolute Gasteiger partial charge is 0.267 e. The second-order valence-electron chi connectivity index (χ2n) is 7.34. The minimum absolute atomic E-state index is 0.0505. The van der Waals surface area contributed by atoms with Crippen LogP contribution in [0.3, 0.4) is 0 Å². The van der Waals surface area contributed by atoms with Crippen LogP contribution in [-0.4, -0.2) is 32.7 Å². The average molecular weight is 608 g/mol. The lowest BCUT2D eigenvalue weighted by Gasteiger charge is -2.30. The number of benzene rings is 3. The van der Waals surface area contributed by atoms with Gasteiger partial charge in [0.2, 0.25) is 0 Å². The van der Waals surface area contributed by atoms with E-state index in [2.05, 4.69) is 0 Å². The second-order valence-corrected chi connectivity index (χ2v) is 9.67. The predicted octanol–water partition coefficient (Wildman–Crippen LogP) is 7.37. The molecular weight excluding hydrogens is 599 g/mol. The lowest BCUT2D eigenvalue weighted by atomic mass is 10.1. The lowest BCUT2D eigenvalue weighted by Crippen LogP contribution is -2.49. The summed E-state index contributed by atoms with van der Waals surface area (Å²) in [5.74, 6) is -2.79. The molecule has 36 heavy (non-hydrogen) atoms. The average Bonchev–Trinajstić information content (AvgIpc) is 3.11. The minimum Gasteiger partial charge on any atom is -0.267 e. The van der Waals surface area contributed by atoms with Crippen molar-refractivity contribution in [1.82, 2.24) is 10.0 Å². The maximum absolute atomic E-state index is 13.5. The van der Waals surface area contributed by atoms with Crippen LogP contribution >= 0.6 is 69.6 Å². The Labute approximate surface area is 232 Å². The molecule has 14 heteroatoms. The molecule has 3 aromatic carbocycles. The molecule has 0 aliphatic carbocycles. The number of nitrogens with zero attached hydrogens (tertiary/aromatic N) is 3. The van der Waals surface area contributed by atoms with Gasteiger partial charge in [0.25, 0.3) is 23.4 Å². The molecule has 0 atom stereocenters. The Morgan fingerprint density at radius 1 is 0.806 bits per heavy atom. The maximum atomic E-state index is 13.5. The Kier molecular flexibility index (Phi) is 7.39. The minimum atomic E-state index is -0.976. The van der Waals surface area contributed by atoms with Gasteiger partial charge in [-0.25, -0.2) is 5.01 Å². The van der Waals surface area contributed by atoms with Gasteiger partial charge in [0.15, 0.2) is 0 Å². The van der Waals surface area contributed by atoms with Gasteiger partial charge in [-0.1, -0.05) is 75.7 Å². The van der Waals surface area contributed by atoms with E-state index in [4.69, 9.17) is 69.6 Å². The molecular formula is C22H9Cl6N3O5. The summed E-state index contributed by atoms with van der Waals surface area (Å²) in [5.41, 5.74) is -0.547. The second kappa shape index (κ2) is 10.0. The standard InChI is InChI=1S/C22H9Cl6N3O5/c23-12-6-1-9(7-13(12)24)8-29(20(32)10-2-4-11(5-3-10)31(35)36)30-21(33)14-15(22(30)34)17(26)19(28)18(27)16(14)25/h1-7H,8H2. The molecule has 0 unspecified atom stereocenters. The maximum Gasteiger partial charge on any atom is 0.282 e. The molecule has 0 saturated carbocycles. The molecule has 3 amide bonds. The number of carbonyl (C=O) groups is 3. The van der Waals surface area contributed by atoms with Crippen LogP contribution < -0.4 is 0 Å². The number of hydrogen-bond acceptors (Lipinski definition) is 5. The molecule has 0 spiro atoms. The number of nitro groups is 1. The van der Waals surface area contributed by atoms with Crippen LogP contribution in [-0.2, 0) is 6.54 Å². The largest absolute Gasteiger partial charge is 0.282 e. The first kappa shape index (κ1) is 26.5. The molecule has 184 valence electrons. The van der Waals surface area contributed by atoms with E-state index in [1.807, 2.05) is 0 Å². The summed E-state index contributed by atoms with van der Waals surface area (Å²) in [6.07, 6.45) is 0. The molecule has 3 aromatic rings. The summed E-state index contributed by atoms with van der Waals surface area (Å²) in [6.45, 7) is -0.325. The van der Waals surface area contributed by atoms with Crippen LogP contribution in [0.1, 0.15) is 36.6 Å². The summed E-state index contributed by atoms with van der Waals surface area (Å²) >= 11 is 36.6. The van der Waals surface area contributed by atoms with Gasteiger partial charge in [-0.15, -0.1) is 0 Å². The van der Waals surface area contributed by atoms with Crippen LogP contribution in [0.15, 0.2) is 42.5 Å². The Bertz CT molecular complexity index is 1430. The van der Waals surface area contributed by atoms with Crippen molar-refractivity contribution < 1.29 is 19.3 Å². The molecule has 0 fully saturated rings. The third-order valence-electron chi connectivity index (χ3n) is 5.20. The summed E-state index contributed by atoms with van der Waals surface area (Å²) in [5, 5.41) is 11.7. The fraction of sp³-hybridized carbons (Fsp3) is 0.0455. The molecule has 0 aromatic heterocycles. The van der Waals surface area contributed by atoms with E-state index < -0.39 is 22.6 Å². The molecule has 4 rings (SSSR count). The Morgan fingerprint density at radius 2 is 1.33 bits per heavy atom.